The van der Waals surface area contributed by atoms with E-state index in [0.717, 1.165) is 46.8 Å². The van der Waals surface area contributed by atoms with Crippen molar-refractivity contribution in [1.29, 1.82) is 0 Å². The molecule has 0 saturated carbocycles. The molecular formula is C36H41N3O7. The molecule has 0 bridgehead atoms. The highest BCUT2D eigenvalue weighted by atomic mass is 16.7. The molecule has 46 heavy (non-hydrogen) atoms. The van der Waals surface area contributed by atoms with E-state index >= 15 is 0 Å². The third kappa shape index (κ3) is 7.31. The summed E-state index contributed by atoms with van der Waals surface area (Å²) < 4.78 is 18.4. The van der Waals surface area contributed by atoms with Gasteiger partial charge in [0.2, 0.25) is 5.91 Å². The van der Waals surface area contributed by atoms with Gasteiger partial charge in [0, 0.05) is 18.0 Å². The Balaban J connectivity index is 1.14. The molecule has 10 nitrogen and oxygen atoms in total. The molecule has 3 aliphatic rings. The van der Waals surface area contributed by atoms with Crippen molar-refractivity contribution in [2.75, 3.05) is 24.5 Å². The van der Waals surface area contributed by atoms with Crippen LogP contribution in [0.2, 0.25) is 0 Å². The molecule has 6 rings (SSSR count). The summed E-state index contributed by atoms with van der Waals surface area (Å²) in [6, 6.07) is 23.1. The van der Waals surface area contributed by atoms with Gasteiger partial charge in [-0.25, -0.2) is 9.69 Å². The van der Waals surface area contributed by atoms with Crippen LogP contribution < -0.4 is 10.2 Å². The van der Waals surface area contributed by atoms with Crippen molar-refractivity contribution in [3.05, 3.63) is 101 Å². The number of anilines is 1. The number of hydrogen-bond acceptors (Lipinski definition) is 8. The largest absolute Gasteiger partial charge is 0.445 e. The number of alkyl carbamates (subject to hydrolysis) is 1. The standard InChI is InChI=1S/C36H41N3O7/c1-24-31(21-38-18-6-3-7-19-38)45-35(46-33(24)27-12-10-25(22-40)11-13-27)28-14-16-29(17-15-28)39-32(41)20-30(34(39)42)37-36(43)44-23-26-8-4-2-5-9-26/h2,4-5,8-17,24,30-31,33,35,40H,3,6-7,18-23H2,1H3,(H,37,43)/t24-,30?,31+,33+,35+/m0/s1. The van der Waals surface area contributed by atoms with Crippen LogP contribution in [0.25, 0.3) is 0 Å². The maximum absolute atomic E-state index is 13.2. The monoisotopic (exact) mass is 627 g/mol. The number of benzene rings is 3. The number of carbonyl (C=O) groups excluding carboxylic acids is 3. The first-order valence-corrected chi connectivity index (χ1v) is 16.1. The van der Waals surface area contributed by atoms with Gasteiger partial charge in [0.15, 0.2) is 6.29 Å². The van der Waals surface area contributed by atoms with Gasteiger partial charge in [-0.15, -0.1) is 0 Å². The molecule has 3 heterocycles. The normalized spacial score (nSPS) is 25.4. The van der Waals surface area contributed by atoms with Gasteiger partial charge in [-0.05, 0) is 54.8 Å². The Kier molecular flexibility index (Phi) is 10.1. The second kappa shape index (κ2) is 14.6. The number of ether oxygens (including phenoxy) is 3. The number of nitrogens with one attached hydrogen (secondary N) is 1. The molecule has 3 saturated heterocycles. The van der Waals surface area contributed by atoms with E-state index in [-0.39, 0.29) is 37.8 Å². The van der Waals surface area contributed by atoms with Crippen molar-refractivity contribution in [3.8, 4) is 0 Å². The first kappa shape index (κ1) is 31.9. The number of aliphatic hydroxyl groups excluding tert-OH is 1. The Morgan fingerprint density at radius 1 is 0.891 bits per heavy atom. The molecule has 3 amide bonds. The van der Waals surface area contributed by atoms with Crippen LogP contribution in [0, 0.1) is 5.92 Å². The van der Waals surface area contributed by atoms with E-state index in [1.165, 1.54) is 19.3 Å². The van der Waals surface area contributed by atoms with Crippen molar-refractivity contribution in [2.45, 2.75) is 70.4 Å². The minimum absolute atomic E-state index is 0.0196. The molecule has 1 unspecified atom stereocenters. The predicted octanol–water partition coefficient (Wildman–Crippen LogP) is 5.01. The van der Waals surface area contributed by atoms with E-state index in [9.17, 15) is 19.5 Å². The quantitative estimate of drug-likeness (QED) is 0.318. The Morgan fingerprint density at radius 2 is 1.59 bits per heavy atom. The van der Waals surface area contributed by atoms with Crippen molar-refractivity contribution in [3.63, 3.8) is 0 Å². The van der Waals surface area contributed by atoms with Crippen LogP contribution in [0.3, 0.4) is 0 Å². The highest BCUT2D eigenvalue weighted by molar-refractivity contribution is 6.22. The highest BCUT2D eigenvalue weighted by Crippen LogP contribution is 2.42. The summed E-state index contributed by atoms with van der Waals surface area (Å²) >= 11 is 0. The average Bonchev–Trinajstić information content (AvgIpc) is 3.37. The minimum Gasteiger partial charge on any atom is -0.445 e. The maximum Gasteiger partial charge on any atom is 0.408 e. The summed E-state index contributed by atoms with van der Waals surface area (Å²) in [7, 11) is 0. The lowest BCUT2D eigenvalue weighted by Gasteiger charge is -2.43. The smallest absolute Gasteiger partial charge is 0.408 e. The average molecular weight is 628 g/mol. The molecule has 3 aromatic rings. The number of likely N-dealkylation sites (tertiary alicyclic amines) is 1. The number of nitrogens with zero attached hydrogens (tertiary/aromatic N) is 2. The van der Waals surface area contributed by atoms with Crippen molar-refractivity contribution in [1.82, 2.24) is 10.2 Å². The van der Waals surface area contributed by atoms with Crippen LogP contribution in [0.15, 0.2) is 78.9 Å². The number of imide groups is 1. The van der Waals surface area contributed by atoms with Gasteiger partial charge in [0.1, 0.15) is 12.6 Å². The lowest BCUT2D eigenvalue weighted by Crippen LogP contribution is -2.45. The second-order valence-electron chi connectivity index (χ2n) is 12.3. The molecule has 2 N–H and O–H groups in total. The SMILES string of the molecule is C[C@H]1[C@@H](CN2CCCCC2)O[C@@H](c2ccc(N3C(=O)CC(NC(=O)OCc4ccccc4)C3=O)cc2)O[C@H]1c1ccc(CO)cc1. The second-order valence-corrected chi connectivity index (χ2v) is 12.3. The molecule has 3 aromatic carbocycles. The summed E-state index contributed by atoms with van der Waals surface area (Å²) in [5.74, 6) is -0.833. The third-order valence-corrected chi connectivity index (χ3v) is 9.09. The summed E-state index contributed by atoms with van der Waals surface area (Å²) in [5, 5.41) is 12.1. The van der Waals surface area contributed by atoms with E-state index in [2.05, 4.69) is 17.1 Å². The summed E-state index contributed by atoms with van der Waals surface area (Å²) in [6.07, 6.45) is 1.77. The molecule has 0 radical (unpaired) electrons. The number of amides is 3. The summed E-state index contributed by atoms with van der Waals surface area (Å²) in [6.45, 7) is 5.12. The fourth-order valence-corrected chi connectivity index (χ4v) is 6.43. The van der Waals surface area contributed by atoms with E-state index in [1.54, 1.807) is 12.1 Å². The van der Waals surface area contributed by atoms with Crippen LogP contribution >= 0.6 is 0 Å². The fraction of sp³-hybridized carbons (Fsp3) is 0.417. The zero-order valence-electron chi connectivity index (χ0n) is 26.0. The number of carbonyl (C=O) groups is 3. The maximum atomic E-state index is 13.2. The molecule has 10 heteroatoms. The lowest BCUT2D eigenvalue weighted by molar-refractivity contribution is -0.276. The highest BCUT2D eigenvalue weighted by Gasteiger charge is 2.42. The Bertz CT molecular complexity index is 1490. The van der Waals surface area contributed by atoms with Gasteiger partial charge in [-0.2, -0.15) is 0 Å². The topological polar surface area (TPSA) is 118 Å². The first-order chi connectivity index (χ1) is 22.4. The Morgan fingerprint density at radius 3 is 2.28 bits per heavy atom. The van der Waals surface area contributed by atoms with Crippen LogP contribution in [-0.4, -0.2) is 59.7 Å². The van der Waals surface area contributed by atoms with E-state index < -0.39 is 30.2 Å². The third-order valence-electron chi connectivity index (χ3n) is 9.09. The number of rotatable bonds is 9. The molecule has 0 spiro atoms. The molecule has 3 fully saturated rings. The molecule has 3 aliphatic heterocycles. The number of piperidine rings is 1. The van der Waals surface area contributed by atoms with E-state index in [4.69, 9.17) is 14.2 Å². The zero-order chi connectivity index (χ0) is 32.0. The van der Waals surface area contributed by atoms with Gasteiger partial charge in [-0.3, -0.25) is 9.59 Å². The molecular weight excluding hydrogens is 586 g/mol. The van der Waals surface area contributed by atoms with E-state index in [1.807, 2.05) is 66.7 Å². The van der Waals surface area contributed by atoms with E-state index in [0.29, 0.717) is 5.69 Å². The van der Waals surface area contributed by atoms with Crippen molar-refractivity contribution in [2.24, 2.45) is 5.92 Å². The number of aliphatic hydroxyl groups is 1. The number of hydrogen-bond donors (Lipinski definition) is 2. The van der Waals surface area contributed by atoms with Crippen LogP contribution in [-0.2, 0) is 37.0 Å². The fourth-order valence-electron chi connectivity index (χ4n) is 6.43. The summed E-state index contributed by atoms with van der Waals surface area (Å²) in [4.78, 5) is 42.0. The van der Waals surface area contributed by atoms with Gasteiger partial charge < -0.3 is 29.5 Å². The van der Waals surface area contributed by atoms with Gasteiger partial charge in [0.25, 0.3) is 5.91 Å². The predicted molar refractivity (Wildman–Crippen MR) is 170 cm³/mol. The van der Waals surface area contributed by atoms with Gasteiger partial charge in [0.05, 0.1) is 30.9 Å². The Labute approximate surface area is 269 Å². The Hall–Kier alpha value is -4.09. The zero-order valence-corrected chi connectivity index (χ0v) is 26.0. The minimum atomic E-state index is -1.00. The molecule has 5 atom stereocenters. The lowest BCUT2D eigenvalue weighted by atomic mass is 9.89. The van der Waals surface area contributed by atoms with Gasteiger partial charge in [-0.1, -0.05) is 80.1 Å². The molecule has 0 aliphatic carbocycles. The van der Waals surface area contributed by atoms with Crippen LogP contribution in [0.4, 0.5) is 10.5 Å². The van der Waals surface area contributed by atoms with Crippen molar-refractivity contribution >= 4 is 23.6 Å². The molecule has 242 valence electrons. The van der Waals surface area contributed by atoms with Crippen LogP contribution in [0.5, 0.6) is 0 Å². The van der Waals surface area contributed by atoms with Crippen LogP contribution in [0.1, 0.15) is 67.3 Å². The van der Waals surface area contributed by atoms with Crippen molar-refractivity contribution < 1.29 is 33.7 Å². The van der Waals surface area contributed by atoms with Gasteiger partial charge >= 0.3 is 6.09 Å². The summed E-state index contributed by atoms with van der Waals surface area (Å²) in [5.41, 5.74) is 3.86. The molecule has 0 aromatic heterocycles. The first-order valence-electron chi connectivity index (χ1n) is 16.1.